The largest absolute Gasteiger partial charge is 0.392 e. The van der Waals surface area contributed by atoms with Crippen LogP contribution in [0.25, 0.3) is 0 Å². The molecule has 1 aromatic carbocycles. The fourth-order valence-corrected chi connectivity index (χ4v) is 3.07. The molecule has 1 aliphatic rings. The van der Waals surface area contributed by atoms with Gasteiger partial charge in [0.05, 0.1) is 6.10 Å². The topological polar surface area (TPSA) is 33.1 Å². The van der Waals surface area contributed by atoms with Crippen LogP contribution in [-0.2, 0) is 12.8 Å². The van der Waals surface area contributed by atoms with Crippen LogP contribution in [0.1, 0.15) is 35.6 Å². The van der Waals surface area contributed by atoms with E-state index < -0.39 is 17.7 Å². The van der Waals surface area contributed by atoms with Crippen molar-refractivity contribution in [2.75, 3.05) is 0 Å². The first-order valence-corrected chi connectivity index (χ1v) is 7.21. The molecule has 0 aliphatic heterocycles. The second-order valence-electron chi connectivity index (χ2n) is 5.55. The smallest absolute Gasteiger partial charge is 0.129 e. The van der Waals surface area contributed by atoms with Crippen molar-refractivity contribution in [3.8, 4) is 0 Å². The van der Waals surface area contributed by atoms with Crippen molar-refractivity contribution in [2.45, 2.75) is 37.7 Å². The van der Waals surface area contributed by atoms with Gasteiger partial charge in [0.25, 0.3) is 0 Å². The number of nitrogens with zero attached hydrogens (tertiary/aromatic N) is 1. The summed E-state index contributed by atoms with van der Waals surface area (Å²) in [6.45, 7) is 0. The number of rotatable bonds is 3. The fourth-order valence-electron chi connectivity index (χ4n) is 3.07. The number of benzene rings is 1. The first-order valence-electron chi connectivity index (χ1n) is 7.21. The number of aliphatic hydroxyl groups is 1. The first-order chi connectivity index (χ1) is 10.1. The van der Waals surface area contributed by atoms with Gasteiger partial charge in [-0.1, -0.05) is 12.1 Å². The zero-order valence-electron chi connectivity index (χ0n) is 11.6. The van der Waals surface area contributed by atoms with Crippen molar-refractivity contribution in [3.63, 3.8) is 0 Å². The van der Waals surface area contributed by atoms with Gasteiger partial charge in [-0.2, -0.15) is 0 Å². The molecule has 0 saturated carbocycles. The summed E-state index contributed by atoms with van der Waals surface area (Å²) in [5, 5.41) is 10.5. The van der Waals surface area contributed by atoms with Crippen molar-refractivity contribution < 1.29 is 13.9 Å². The lowest BCUT2D eigenvalue weighted by molar-refractivity contribution is 0.131. The molecule has 0 radical (unpaired) electrons. The Hall–Kier alpha value is -1.81. The lowest BCUT2D eigenvalue weighted by Crippen LogP contribution is -2.26. The van der Waals surface area contributed by atoms with Gasteiger partial charge in [0.1, 0.15) is 11.6 Å². The van der Waals surface area contributed by atoms with Gasteiger partial charge in [0.2, 0.25) is 0 Å². The van der Waals surface area contributed by atoms with Crippen molar-refractivity contribution in [1.82, 2.24) is 4.98 Å². The standard InChI is InChI=1S/C17H17F2NO/c18-13-7-6-12(15(19)10-13)9-16(21)14-5-1-3-11-4-2-8-20-17(11)14/h2,4,6-8,10,14,16,21H,1,3,5,9H2. The molecule has 3 rings (SSSR count). The third-order valence-electron chi connectivity index (χ3n) is 4.15. The molecular weight excluding hydrogens is 272 g/mol. The molecule has 1 aliphatic carbocycles. The number of aryl methyl sites for hydroxylation is 1. The monoisotopic (exact) mass is 289 g/mol. The molecule has 1 heterocycles. The van der Waals surface area contributed by atoms with Gasteiger partial charge in [0, 0.05) is 30.3 Å². The molecule has 0 bridgehead atoms. The van der Waals surface area contributed by atoms with Crippen molar-refractivity contribution in [3.05, 3.63) is 65.0 Å². The van der Waals surface area contributed by atoms with Crippen LogP contribution in [0.2, 0.25) is 0 Å². The lowest BCUT2D eigenvalue weighted by Gasteiger charge is -2.28. The molecule has 110 valence electrons. The maximum atomic E-state index is 13.7. The number of halogens is 2. The highest BCUT2D eigenvalue weighted by Gasteiger charge is 2.28. The minimum absolute atomic E-state index is 0.0839. The van der Waals surface area contributed by atoms with Crippen LogP contribution >= 0.6 is 0 Å². The number of hydrogen-bond acceptors (Lipinski definition) is 2. The van der Waals surface area contributed by atoms with E-state index in [4.69, 9.17) is 0 Å². The highest BCUT2D eigenvalue weighted by atomic mass is 19.1. The second-order valence-corrected chi connectivity index (χ2v) is 5.55. The van der Waals surface area contributed by atoms with Gasteiger partial charge < -0.3 is 5.11 Å². The van der Waals surface area contributed by atoms with Gasteiger partial charge >= 0.3 is 0 Å². The molecule has 0 fully saturated rings. The summed E-state index contributed by atoms with van der Waals surface area (Å²) in [5.41, 5.74) is 2.41. The third-order valence-corrected chi connectivity index (χ3v) is 4.15. The number of fused-ring (bicyclic) bond motifs is 1. The van der Waals surface area contributed by atoms with E-state index >= 15 is 0 Å². The Morgan fingerprint density at radius 1 is 1.29 bits per heavy atom. The van der Waals surface area contributed by atoms with Crippen molar-refractivity contribution in [2.24, 2.45) is 0 Å². The summed E-state index contributed by atoms with van der Waals surface area (Å²) in [6.07, 6.45) is 3.99. The number of aromatic nitrogens is 1. The van der Waals surface area contributed by atoms with E-state index in [1.807, 2.05) is 12.1 Å². The quantitative estimate of drug-likeness (QED) is 0.939. The Labute approximate surface area is 122 Å². The van der Waals surface area contributed by atoms with E-state index in [9.17, 15) is 13.9 Å². The van der Waals surface area contributed by atoms with E-state index in [0.717, 1.165) is 36.6 Å². The maximum absolute atomic E-state index is 13.7. The van der Waals surface area contributed by atoms with Crippen LogP contribution in [0, 0.1) is 11.6 Å². The maximum Gasteiger partial charge on any atom is 0.129 e. The van der Waals surface area contributed by atoms with E-state index in [0.29, 0.717) is 5.56 Å². The molecule has 0 spiro atoms. The summed E-state index contributed by atoms with van der Waals surface area (Å²) in [5.74, 6) is -1.29. The van der Waals surface area contributed by atoms with Gasteiger partial charge in [-0.05, 0) is 42.5 Å². The Morgan fingerprint density at radius 2 is 2.14 bits per heavy atom. The summed E-state index contributed by atoms with van der Waals surface area (Å²) >= 11 is 0. The Kier molecular flexibility index (Phi) is 3.97. The molecular formula is C17H17F2NO. The summed E-state index contributed by atoms with van der Waals surface area (Å²) in [7, 11) is 0. The first kappa shape index (κ1) is 14.1. The van der Waals surface area contributed by atoms with Crippen LogP contribution in [-0.4, -0.2) is 16.2 Å². The predicted octanol–water partition coefficient (Wildman–Crippen LogP) is 3.38. The molecule has 4 heteroatoms. The Morgan fingerprint density at radius 3 is 2.95 bits per heavy atom. The van der Waals surface area contributed by atoms with Gasteiger partial charge in [-0.15, -0.1) is 0 Å². The van der Waals surface area contributed by atoms with E-state index in [1.54, 1.807) is 6.20 Å². The molecule has 21 heavy (non-hydrogen) atoms. The lowest BCUT2D eigenvalue weighted by atomic mass is 9.81. The predicted molar refractivity (Wildman–Crippen MR) is 76.0 cm³/mol. The molecule has 0 amide bonds. The Bertz CT molecular complexity index is 644. The van der Waals surface area contributed by atoms with Gasteiger partial charge in [0.15, 0.2) is 0 Å². The third kappa shape index (κ3) is 2.95. The van der Waals surface area contributed by atoms with Crippen molar-refractivity contribution in [1.29, 1.82) is 0 Å². The van der Waals surface area contributed by atoms with Crippen LogP contribution in [0.5, 0.6) is 0 Å². The highest BCUT2D eigenvalue weighted by molar-refractivity contribution is 5.28. The molecule has 1 aromatic heterocycles. The molecule has 2 nitrogen and oxygen atoms in total. The van der Waals surface area contributed by atoms with Gasteiger partial charge in [-0.3, -0.25) is 4.98 Å². The zero-order chi connectivity index (χ0) is 14.8. The van der Waals surface area contributed by atoms with Crippen LogP contribution in [0.15, 0.2) is 36.5 Å². The minimum atomic E-state index is -0.709. The number of aliphatic hydroxyl groups excluding tert-OH is 1. The van der Waals surface area contributed by atoms with Crippen LogP contribution in [0.3, 0.4) is 0 Å². The number of hydrogen-bond donors (Lipinski definition) is 1. The molecule has 2 atom stereocenters. The molecule has 0 saturated heterocycles. The second kappa shape index (κ2) is 5.90. The summed E-state index contributed by atoms with van der Waals surface area (Å²) < 4.78 is 26.6. The van der Waals surface area contributed by atoms with Crippen LogP contribution < -0.4 is 0 Å². The highest BCUT2D eigenvalue weighted by Crippen LogP contribution is 2.33. The van der Waals surface area contributed by atoms with E-state index in [1.165, 1.54) is 12.1 Å². The van der Waals surface area contributed by atoms with Crippen molar-refractivity contribution >= 4 is 0 Å². The fraction of sp³-hybridized carbons (Fsp3) is 0.353. The van der Waals surface area contributed by atoms with E-state index in [-0.39, 0.29) is 12.3 Å². The average Bonchev–Trinajstić information content (AvgIpc) is 2.49. The zero-order valence-corrected chi connectivity index (χ0v) is 11.6. The van der Waals surface area contributed by atoms with Gasteiger partial charge in [-0.25, -0.2) is 8.78 Å². The Balaban J connectivity index is 1.81. The molecule has 1 N–H and O–H groups in total. The minimum Gasteiger partial charge on any atom is -0.392 e. The molecule has 2 unspecified atom stereocenters. The average molecular weight is 289 g/mol. The summed E-state index contributed by atoms with van der Waals surface area (Å²) in [6, 6.07) is 7.40. The SMILES string of the molecule is OC(Cc1ccc(F)cc1F)C1CCCc2cccnc21. The van der Waals surface area contributed by atoms with Crippen LogP contribution in [0.4, 0.5) is 8.78 Å². The van der Waals surface area contributed by atoms with E-state index in [2.05, 4.69) is 4.98 Å². The molecule has 2 aromatic rings. The summed E-state index contributed by atoms with van der Waals surface area (Å²) in [4.78, 5) is 4.39. The number of pyridine rings is 1. The normalized spacial score (nSPS) is 19.1.